The molecule has 0 saturated carbocycles. The molecule has 5 nitrogen and oxygen atoms in total. The van der Waals surface area contributed by atoms with Crippen molar-refractivity contribution in [2.45, 2.75) is 37.2 Å². The Kier molecular flexibility index (Phi) is 5.65. The number of hydrogen-bond acceptors (Lipinski definition) is 3. The van der Waals surface area contributed by atoms with Crippen molar-refractivity contribution >= 4 is 27.5 Å². The molecule has 2 aromatic carbocycles. The molecule has 0 bridgehead atoms. The molecule has 2 aromatic rings. The number of aryl methyl sites for hydroxylation is 1. The van der Waals surface area contributed by atoms with Gasteiger partial charge < -0.3 is 5.32 Å². The van der Waals surface area contributed by atoms with Crippen molar-refractivity contribution in [3.05, 3.63) is 64.7 Å². The zero-order chi connectivity index (χ0) is 18.7. The smallest absolute Gasteiger partial charge is 0.243 e. The lowest BCUT2D eigenvalue weighted by Crippen LogP contribution is -2.45. The van der Waals surface area contributed by atoms with E-state index in [-0.39, 0.29) is 10.8 Å². The summed E-state index contributed by atoms with van der Waals surface area (Å²) in [5.41, 5.74) is 2.11. The maximum Gasteiger partial charge on any atom is 0.243 e. The summed E-state index contributed by atoms with van der Waals surface area (Å²) in [5.74, 6) is -0.261. The molecular formula is C19H21ClN2O3S. The Morgan fingerprint density at radius 3 is 2.58 bits per heavy atom. The fraction of sp³-hybridized carbons (Fsp3) is 0.316. The topological polar surface area (TPSA) is 66.5 Å². The predicted molar refractivity (Wildman–Crippen MR) is 101 cm³/mol. The van der Waals surface area contributed by atoms with Crippen LogP contribution in [0.4, 0.5) is 0 Å². The molecule has 1 aliphatic heterocycles. The van der Waals surface area contributed by atoms with Crippen LogP contribution in [0.15, 0.2) is 53.4 Å². The van der Waals surface area contributed by atoms with Crippen LogP contribution in [0.5, 0.6) is 0 Å². The van der Waals surface area contributed by atoms with E-state index in [1.807, 2.05) is 31.2 Å². The standard InChI is InChI=1S/C19H21ClN2O3S/c1-14-5-2-3-6-15(14)13-21-19(23)18-7-4-12-22(18)26(24,25)17-10-8-16(20)9-11-17/h2-3,5-6,8-11,18H,4,7,12-13H2,1H3,(H,21,23)/t18-/m0/s1. The number of sulfonamides is 1. The van der Waals surface area contributed by atoms with E-state index < -0.39 is 16.1 Å². The lowest BCUT2D eigenvalue weighted by molar-refractivity contribution is -0.124. The van der Waals surface area contributed by atoms with E-state index in [0.29, 0.717) is 31.0 Å². The maximum atomic E-state index is 12.9. The minimum Gasteiger partial charge on any atom is -0.351 e. The lowest BCUT2D eigenvalue weighted by Gasteiger charge is -2.23. The first kappa shape index (κ1) is 18.9. The second-order valence-corrected chi connectivity index (χ2v) is 8.70. The normalized spacial score (nSPS) is 18.0. The largest absolute Gasteiger partial charge is 0.351 e. The molecule has 1 heterocycles. The Balaban J connectivity index is 1.74. The van der Waals surface area contributed by atoms with Gasteiger partial charge in [-0.05, 0) is 55.2 Å². The van der Waals surface area contributed by atoms with E-state index >= 15 is 0 Å². The first-order chi connectivity index (χ1) is 12.4. The van der Waals surface area contributed by atoms with Gasteiger partial charge in [0.25, 0.3) is 0 Å². The molecule has 1 fully saturated rings. The van der Waals surface area contributed by atoms with Crippen LogP contribution in [0, 0.1) is 6.92 Å². The summed E-state index contributed by atoms with van der Waals surface area (Å²) in [6.45, 7) is 2.71. The molecule has 1 atom stereocenters. The first-order valence-electron chi connectivity index (χ1n) is 8.49. The van der Waals surface area contributed by atoms with Crippen LogP contribution in [0.3, 0.4) is 0 Å². The third-order valence-corrected chi connectivity index (χ3v) is 6.82. The predicted octanol–water partition coefficient (Wildman–Crippen LogP) is 3.12. The van der Waals surface area contributed by atoms with Crippen molar-refractivity contribution < 1.29 is 13.2 Å². The van der Waals surface area contributed by atoms with Gasteiger partial charge in [0.05, 0.1) is 4.90 Å². The average molecular weight is 393 g/mol. The Labute approximate surface area is 159 Å². The molecule has 0 spiro atoms. The Hall–Kier alpha value is -1.89. The number of nitrogens with zero attached hydrogens (tertiary/aromatic N) is 1. The molecule has 0 aliphatic carbocycles. The molecule has 0 aromatic heterocycles. The van der Waals surface area contributed by atoms with Crippen molar-refractivity contribution in [2.75, 3.05) is 6.54 Å². The maximum absolute atomic E-state index is 12.9. The number of amides is 1. The van der Waals surface area contributed by atoms with Crippen LogP contribution >= 0.6 is 11.6 Å². The molecule has 26 heavy (non-hydrogen) atoms. The third-order valence-electron chi connectivity index (χ3n) is 4.64. The number of carbonyl (C=O) groups excluding carboxylic acids is 1. The summed E-state index contributed by atoms with van der Waals surface area (Å²) in [4.78, 5) is 12.8. The van der Waals surface area contributed by atoms with Gasteiger partial charge in [0.1, 0.15) is 6.04 Å². The van der Waals surface area contributed by atoms with Crippen molar-refractivity contribution in [1.29, 1.82) is 0 Å². The molecule has 1 aliphatic rings. The van der Waals surface area contributed by atoms with Gasteiger partial charge in [-0.3, -0.25) is 4.79 Å². The number of carbonyl (C=O) groups is 1. The van der Waals surface area contributed by atoms with Crippen LogP contribution < -0.4 is 5.32 Å². The van der Waals surface area contributed by atoms with E-state index in [9.17, 15) is 13.2 Å². The molecule has 1 saturated heterocycles. The highest BCUT2D eigenvalue weighted by Gasteiger charge is 2.39. The van der Waals surface area contributed by atoms with Crippen molar-refractivity contribution in [2.24, 2.45) is 0 Å². The molecule has 1 N–H and O–H groups in total. The minimum atomic E-state index is -3.73. The van der Waals surface area contributed by atoms with Gasteiger partial charge in [-0.15, -0.1) is 0 Å². The summed E-state index contributed by atoms with van der Waals surface area (Å²) < 4.78 is 27.1. The van der Waals surface area contributed by atoms with Crippen molar-refractivity contribution in [3.63, 3.8) is 0 Å². The van der Waals surface area contributed by atoms with Gasteiger partial charge in [-0.25, -0.2) is 8.42 Å². The number of halogens is 1. The molecule has 3 rings (SSSR count). The van der Waals surface area contributed by atoms with Crippen LogP contribution in [-0.2, 0) is 21.4 Å². The summed E-state index contributed by atoms with van der Waals surface area (Å²) in [6, 6.07) is 13.1. The number of nitrogens with one attached hydrogen (secondary N) is 1. The molecule has 0 radical (unpaired) electrons. The Morgan fingerprint density at radius 1 is 1.19 bits per heavy atom. The molecular weight excluding hydrogens is 372 g/mol. The van der Waals surface area contributed by atoms with Crippen molar-refractivity contribution in [3.8, 4) is 0 Å². The first-order valence-corrected chi connectivity index (χ1v) is 10.3. The highest BCUT2D eigenvalue weighted by Crippen LogP contribution is 2.27. The van der Waals surface area contributed by atoms with E-state index in [2.05, 4.69) is 5.32 Å². The second kappa shape index (κ2) is 7.78. The SMILES string of the molecule is Cc1ccccc1CNC(=O)[C@@H]1CCCN1S(=O)(=O)c1ccc(Cl)cc1. The zero-order valence-electron chi connectivity index (χ0n) is 14.5. The lowest BCUT2D eigenvalue weighted by atomic mass is 10.1. The molecule has 138 valence electrons. The Morgan fingerprint density at radius 2 is 1.88 bits per heavy atom. The number of hydrogen-bond donors (Lipinski definition) is 1. The van der Waals surface area contributed by atoms with Gasteiger partial charge in [0.2, 0.25) is 15.9 Å². The average Bonchev–Trinajstić information content (AvgIpc) is 3.12. The van der Waals surface area contributed by atoms with Gasteiger partial charge in [-0.2, -0.15) is 4.31 Å². The van der Waals surface area contributed by atoms with E-state index in [4.69, 9.17) is 11.6 Å². The summed E-state index contributed by atoms with van der Waals surface area (Å²) in [5, 5.41) is 3.35. The van der Waals surface area contributed by atoms with Gasteiger partial charge in [0.15, 0.2) is 0 Å². The van der Waals surface area contributed by atoms with Gasteiger partial charge >= 0.3 is 0 Å². The van der Waals surface area contributed by atoms with Crippen LogP contribution in [0.25, 0.3) is 0 Å². The quantitative estimate of drug-likeness (QED) is 0.850. The van der Waals surface area contributed by atoms with E-state index in [1.165, 1.54) is 28.6 Å². The van der Waals surface area contributed by atoms with E-state index in [0.717, 1.165) is 11.1 Å². The summed E-state index contributed by atoms with van der Waals surface area (Å²) in [6.07, 6.45) is 1.18. The highest BCUT2D eigenvalue weighted by atomic mass is 35.5. The van der Waals surface area contributed by atoms with Crippen LogP contribution in [0.2, 0.25) is 5.02 Å². The molecule has 0 unspecified atom stereocenters. The number of rotatable bonds is 5. The van der Waals surface area contributed by atoms with Crippen LogP contribution in [0.1, 0.15) is 24.0 Å². The fourth-order valence-electron chi connectivity index (χ4n) is 3.14. The fourth-order valence-corrected chi connectivity index (χ4v) is 4.92. The van der Waals surface area contributed by atoms with Crippen LogP contribution in [-0.4, -0.2) is 31.2 Å². The Bertz CT molecular complexity index is 897. The van der Waals surface area contributed by atoms with Gasteiger partial charge in [0, 0.05) is 18.1 Å². The van der Waals surface area contributed by atoms with Gasteiger partial charge in [-0.1, -0.05) is 35.9 Å². The second-order valence-electron chi connectivity index (χ2n) is 6.37. The summed E-state index contributed by atoms with van der Waals surface area (Å²) >= 11 is 5.84. The number of benzene rings is 2. The monoisotopic (exact) mass is 392 g/mol. The van der Waals surface area contributed by atoms with Crippen molar-refractivity contribution in [1.82, 2.24) is 9.62 Å². The summed E-state index contributed by atoms with van der Waals surface area (Å²) in [7, 11) is -3.73. The minimum absolute atomic E-state index is 0.153. The molecule has 1 amide bonds. The molecule has 7 heteroatoms. The highest BCUT2D eigenvalue weighted by molar-refractivity contribution is 7.89. The zero-order valence-corrected chi connectivity index (χ0v) is 16.1. The third kappa shape index (κ3) is 3.92. The van der Waals surface area contributed by atoms with E-state index in [1.54, 1.807) is 0 Å².